The smallest absolute Gasteiger partial charge is 0.256 e. The van der Waals surface area contributed by atoms with Crippen molar-refractivity contribution in [1.82, 2.24) is 14.8 Å². The van der Waals surface area contributed by atoms with Gasteiger partial charge in [-0.1, -0.05) is 26.8 Å². The van der Waals surface area contributed by atoms with Crippen molar-refractivity contribution >= 4 is 23.1 Å². The molecule has 154 valence electrons. The number of hydrogen-bond donors (Lipinski definition) is 1. The van der Waals surface area contributed by atoms with Crippen molar-refractivity contribution in [3.05, 3.63) is 58.2 Å². The van der Waals surface area contributed by atoms with Gasteiger partial charge in [0.25, 0.3) is 5.91 Å². The van der Waals surface area contributed by atoms with E-state index in [9.17, 15) is 4.79 Å². The summed E-state index contributed by atoms with van der Waals surface area (Å²) in [6.07, 6.45) is 0. The zero-order valence-corrected chi connectivity index (χ0v) is 18.6. The molecular weight excluding hydrogens is 384 g/mol. The second kappa shape index (κ2) is 7.99. The van der Waals surface area contributed by atoms with Gasteiger partial charge in [-0.15, -0.1) is 11.3 Å². The molecule has 6 nitrogen and oxygen atoms in total. The van der Waals surface area contributed by atoms with Gasteiger partial charge in [0.1, 0.15) is 18.2 Å². The van der Waals surface area contributed by atoms with Gasteiger partial charge in [0.15, 0.2) is 0 Å². The third-order valence-electron chi connectivity index (χ3n) is 4.32. The molecule has 7 heteroatoms. The van der Waals surface area contributed by atoms with Crippen molar-refractivity contribution in [3.8, 4) is 5.75 Å². The fraction of sp³-hybridized carbons (Fsp3) is 0.409. The second-order valence-corrected chi connectivity index (χ2v) is 9.72. The lowest BCUT2D eigenvalue weighted by molar-refractivity contribution is 0.102. The molecule has 0 aliphatic rings. The number of carbonyl (C=O) groups excluding carboxylic acids is 1. The maximum Gasteiger partial charge on any atom is 0.256 e. The summed E-state index contributed by atoms with van der Waals surface area (Å²) in [6, 6.07) is 9.11. The van der Waals surface area contributed by atoms with E-state index in [1.165, 1.54) is 11.3 Å². The van der Waals surface area contributed by atoms with Gasteiger partial charge in [-0.25, -0.2) is 9.67 Å². The van der Waals surface area contributed by atoms with E-state index in [1.54, 1.807) is 17.6 Å². The molecule has 0 radical (unpaired) electrons. The highest BCUT2D eigenvalue weighted by atomic mass is 32.1. The van der Waals surface area contributed by atoms with E-state index in [0.29, 0.717) is 23.7 Å². The summed E-state index contributed by atoms with van der Waals surface area (Å²) in [5.74, 6) is 1.11. The average molecular weight is 413 g/mol. The lowest BCUT2D eigenvalue weighted by Crippen LogP contribution is -2.27. The monoisotopic (exact) mass is 412 g/mol. The SMILES string of the molecule is CC(C)(C)c1cc(NC(=O)c2cccc(OCc3cscn3)c2)n(C(C)(C)C)n1. The van der Waals surface area contributed by atoms with Crippen LogP contribution in [-0.2, 0) is 17.6 Å². The van der Waals surface area contributed by atoms with E-state index in [2.05, 4.69) is 51.8 Å². The summed E-state index contributed by atoms with van der Waals surface area (Å²) in [5.41, 5.74) is 3.73. The molecule has 0 saturated heterocycles. The van der Waals surface area contributed by atoms with Gasteiger partial charge in [0, 0.05) is 22.4 Å². The van der Waals surface area contributed by atoms with Crippen molar-refractivity contribution in [2.24, 2.45) is 0 Å². The standard InChI is InChI=1S/C22H28N4O2S/c1-21(2,3)18-11-19(26(25-18)22(4,5)6)24-20(27)15-8-7-9-17(10-15)28-12-16-13-29-14-23-16/h7-11,13-14H,12H2,1-6H3,(H,24,27). The van der Waals surface area contributed by atoms with Crippen LogP contribution in [0.3, 0.4) is 0 Å². The molecule has 0 saturated carbocycles. The Kier molecular flexibility index (Phi) is 5.80. The number of carbonyl (C=O) groups is 1. The Morgan fingerprint density at radius 3 is 2.55 bits per heavy atom. The number of rotatable bonds is 5. The Bertz CT molecular complexity index is 979. The fourth-order valence-corrected chi connectivity index (χ4v) is 3.27. The number of amides is 1. The topological polar surface area (TPSA) is 69.0 Å². The number of nitrogens with zero attached hydrogens (tertiary/aromatic N) is 3. The molecule has 0 aliphatic carbocycles. The number of aromatic nitrogens is 3. The molecule has 0 spiro atoms. The van der Waals surface area contributed by atoms with Gasteiger partial charge in [0.05, 0.1) is 22.4 Å². The first-order chi connectivity index (χ1) is 13.5. The van der Waals surface area contributed by atoms with E-state index in [1.807, 2.05) is 28.3 Å². The lowest BCUT2D eigenvalue weighted by Gasteiger charge is -2.23. The van der Waals surface area contributed by atoms with Crippen LogP contribution in [0, 0.1) is 0 Å². The molecule has 2 aromatic heterocycles. The third kappa shape index (κ3) is 5.23. The Morgan fingerprint density at radius 2 is 1.93 bits per heavy atom. The normalized spacial score (nSPS) is 12.1. The highest BCUT2D eigenvalue weighted by Gasteiger charge is 2.26. The molecule has 2 heterocycles. The van der Waals surface area contributed by atoms with Gasteiger partial charge in [0.2, 0.25) is 0 Å². The summed E-state index contributed by atoms with van der Waals surface area (Å²) < 4.78 is 7.63. The Morgan fingerprint density at radius 1 is 1.17 bits per heavy atom. The van der Waals surface area contributed by atoms with Crippen LogP contribution in [0.2, 0.25) is 0 Å². The van der Waals surface area contributed by atoms with Crippen LogP contribution in [0.1, 0.15) is 63.3 Å². The average Bonchev–Trinajstić information content (AvgIpc) is 3.29. The highest BCUT2D eigenvalue weighted by molar-refractivity contribution is 7.07. The Hall–Kier alpha value is -2.67. The second-order valence-electron chi connectivity index (χ2n) is 9.00. The summed E-state index contributed by atoms with van der Waals surface area (Å²) >= 11 is 1.53. The minimum atomic E-state index is -0.259. The first kappa shape index (κ1) is 21.0. The predicted molar refractivity (Wildman–Crippen MR) is 117 cm³/mol. The minimum absolute atomic E-state index is 0.112. The first-order valence-electron chi connectivity index (χ1n) is 9.56. The van der Waals surface area contributed by atoms with E-state index in [4.69, 9.17) is 9.84 Å². The maximum absolute atomic E-state index is 12.9. The van der Waals surface area contributed by atoms with Gasteiger partial charge in [-0.05, 0) is 39.0 Å². The third-order valence-corrected chi connectivity index (χ3v) is 4.96. The summed E-state index contributed by atoms with van der Waals surface area (Å²) in [4.78, 5) is 17.1. The van der Waals surface area contributed by atoms with Crippen LogP contribution in [0.25, 0.3) is 0 Å². The highest BCUT2D eigenvalue weighted by Crippen LogP contribution is 2.28. The number of anilines is 1. The lowest BCUT2D eigenvalue weighted by atomic mass is 9.92. The van der Waals surface area contributed by atoms with Crippen molar-refractivity contribution in [2.75, 3.05) is 5.32 Å². The van der Waals surface area contributed by atoms with Crippen molar-refractivity contribution in [2.45, 2.75) is 59.1 Å². The number of thiazole rings is 1. The quantitative estimate of drug-likeness (QED) is 0.623. The summed E-state index contributed by atoms with van der Waals surface area (Å²) in [7, 11) is 0. The molecule has 1 aromatic carbocycles. The van der Waals surface area contributed by atoms with Crippen molar-refractivity contribution in [3.63, 3.8) is 0 Å². The van der Waals surface area contributed by atoms with Crippen LogP contribution in [-0.4, -0.2) is 20.7 Å². The molecule has 0 unspecified atom stereocenters. The van der Waals surface area contributed by atoms with Crippen LogP contribution >= 0.6 is 11.3 Å². The zero-order valence-electron chi connectivity index (χ0n) is 17.8. The van der Waals surface area contributed by atoms with Crippen LogP contribution in [0.4, 0.5) is 5.82 Å². The van der Waals surface area contributed by atoms with Crippen LogP contribution in [0.15, 0.2) is 41.2 Å². The Labute approximate surface area is 175 Å². The summed E-state index contributed by atoms with van der Waals surface area (Å²) in [6.45, 7) is 12.9. The predicted octanol–water partition coefficient (Wildman–Crippen LogP) is 5.22. The number of benzene rings is 1. The molecule has 0 atom stereocenters. The molecule has 29 heavy (non-hydrogen) atoms. The van der Waals surface area contributed by atoms with Crippen LogP contribution < -0.4 is 10.1 Å². The molecule has 0 fully saturated rings. The van der Waals surface area contributed by atoms with E-state index in [-0.39, 0.29) is 16.9 Å². The molecule has 1 N–H and O–H groups in total. The number of hydrogen-bond acceptors (Lipinski definition) is 5. The first-order valence-corrected chi connectivity index (χ1v) is 10.5. The Balaban J connectivity index is 1.79. The molecule has 0 aliphatic heterocycles. The molecule has 0 bridgehead atoms. The van der Waals surface area contributed by atoms with E-state index >= 15 is 0 Å². The summed E-state index contributed by atoms with van der Waals surface area (Å²) in [5, 5.41) is 9.71. The molecular formula is C22H28N4O2S. The molecule has 3 aromatic rings. The molecule has 1 amide bonds. The fourth-order valence-electron chi connectivity index (χ4n) is 2.73. The zero-order chi connectivity index (χ0) is 21.2. The van der Waals surface area contributed by atoms with Crippen LogP contribution in [0.5, 0.6) is 5.75 Å². The molecule has 3 rings (SSSR count). The number of ether oxygens (including phenoxy) is 1. The van der Waals surface area contributed by atoms with Gasteiger partial charge in [-0.2, -0.15) is 5.10 Å². The maximum atomic E-state index is 12.9. The van der Waals surface area contributed by atoms with E-state index < -0.39 is 0 Å². The van der Waals surface area contributed by atoms with Gasteiger partial charge >= 0.3 is 0 Å². The van der Waals surface area contributed by atoms with Gasteiger partial charge < -0.3 is 10.1 Å². The van der Waals surface area contributed by atoms with E-state index in [0.717, 1.165) is 11.4 Å². The minimum Gasteiger partial charge on any atom is -0.487 e. The number of nitrogens with one attached hydrogen (secondary N) is 1. The largest absolute Gasteiger partial charge is 0.487 e. The van der Waals surface area contributed by atoms with Crippen molar-refractivity contribution < 1.29 is 9.53 Å². The van der Waals surface area contributed by atoms with Gasteiger partial charge in [-0.3, -0.25) is 4.79 Å². The van der Waals surface area contributed by atoms with Crippen molar-refractivity contribution in [1.29, 1.82) is 0 Å².